The maximum Gasteiger partial charge on any atom is 0.335 e. The van der Waals surface area contributed by atoms with Crippen molar-refractivity contribution >= 4 is 23.9 Å². The lowest BCUT2D eigenvalue weighted by molar-refractivity contribution is -0.301. The third kappa shape index (κ3) is 46.6. The van der Waals surface area contributed by atoms with Crippen molar-refractivity contribution in [2.75, 3.05) is 13.2 Å². The summed E-state index contributed by atoms with van der Waals surface area (Å²) in [6.45, 7) is 5.61. The second-order valence-electron chi connectivity index (χ2n) is 20.9. The summed E-state index contributed by atoms with van der Waals surface area (Å²) in [5.74, 6) is -3.22. The minimum atomic E-state index is -1.93. The fourth-order valence-electron chi connectivity index (χ4n) is 8.63. The minimum Gasteiger partial charge on any atom is -0.479 e. The Kier molecular flexibility index (Phi) is 52.0. The molecule has 0 spiro atoms. The van der Waals surface area contributed by atoms with Crippen molar-refractivity contribution in [1.29, 1.82) is 0 Å². The van der Waals surface area contributed by atoms with Gasteiger partial charge in [-0.2, -0.15) is 0 Å². The van der Waals surface area contributed by atoms with E-state index in [9.17, 15) is 34.5 Å². The highest BCUT2D eigenvalue weighted by Gasteiger charge is 2.50. The highest BCUT2D eigenvalue weighted by Crippen LogP contribution is 2.26. The van der Waals surface area contributed by atoms with Crippen molar-refractivity contribution < 1.29 is 58.2 Å². The lowest BCUT2D eigenvalue weighted by atomic mass is 9.98. The number of hydrogen-bond donors (Lipinski definition) is 3. The zero-order valence-electron chi connectivity index (χ0n) is 51.4. The summed E-state index contributed by atoms with van der Waals surface area (Å²) in [7, 11) is 0. The number of esters is 3. The van der Waals surface area contributed by atoms with Crippen LogP contribution in [0.4, 0.5) is 0 Å². The largest absolute Gasteiger partial charge is 0.479 e. The number of hydrogen-bond acceptors (Lipinski definition) is 11. The fourth-order valence-corrected chi connectivity index (χ4v) is 8.63. The molecule has 0 aromatic heterocycles. The number of carboxylic acids is 1. The summed E-state index contributed by atoms with van der Waals surface area (Å²) in [6.07, 6.45) is 69.4. The minimum absolute atomic E-state index is 0.0300. The van der Waals surface area contributed by atoms with Gasteiger partial charge < -0.3 is 39.0 Å². The van der Waals surface area contributed by atoms with Crippen LogP contribution in [0.5, 0.6) is 0 Å². The van der Waals surface area contributed by atoms with E-state index in [0.29, 0.717) is 19.3 Å². The number of carboxylic acid groups (broad SMARTS) is 1. The van der Waals surface area contributed by atoms with E-state index in [1.807, 2.05) is 0 Å². The third-order valence-corrected chi connectivity index (χ3v) is 13.4. The summed E-state index contributed by atoms with van der Waals surface area (Å²) in [4.78, 5) is 51.3. The van der Waals surface area contributed by atoms with Gasteiger partial charge in [-0.15, -0.1) is 0 Å². The molecule has 1 fully saturated rings. The molecule has 0 bridgehead atoms. The number of allylic oxidation sites excluding steroid dienone is 24. The van der Waals surface area contributed by atoms with Crippen molar-refractivity contribution in [3.05, 3.63) is 146 Å². The lowest BCUT2D eigenvalue weighted by Gasteiger charge is -2.40. The van der Waals surface area contributed by atoms with Crippen LogP contribution in [0.25, 0.3) is 0 Å². The van der Waals surface area contributed by atoms with Crippen LogP contribution < -0.4 is 0 Å². The van der Waals surface area contributed by atoms with Crippen LogP contribution in [0.2, 0.25) is 0 Å². The molecule has 1 aliphatic heterocycles. The Morgan fingerprint density at radius 1 is 0.398 bits per heavy atom. The Hall–Kier alpha value is -5.40. The molecule has 466 valence electrons. The number of ether oxygens (including phenoxy) is 5. The number of aliphatic hydroxyl groups is 2. The third-order valence-electron chi connectivity index (χ3n) is 13.4. The number of aliphatic hydroxyl groups excluding tert-OH is 2. The van der Waals surface area contributed by atoms with E-state index in [2.05, 4.69) is 167 Å². The second-order valence-corrected chi connectivity index (χ2v) is 20.9. The first-order valence-corrected chi connectivity index (χ1v) is 31.8. The summed E-state index contributed by atoms with van der Waals surface area (Å²) in [5.41, 5.74) is 0. The van der Waals surface area contributed by atoms with Gasteiger partial charge in [0.25, 0.3) is 0 Å². The van der Waals surface area contributed by atoms with Crippen LogP contribution in [0.3, 0.4) is 0 Å². The van der Waals surface area contributed by atoms with Gasteiger partial charge in [-0.25, -0.2) is 4.79 Å². The van der Waals surface area contributed by atoms with E-state index in [0.717, 1.165) is 167 Å². The monoisotopic (exact) mass is 1150 g/mol. The Balaban J connectivity index is 2.72. The SMILES string of the molecule is CC/C=C\C/C=C\C/C=C\C/C=C\CCCCCCCCC(=O)OC1C(OCC(COC(=O)CCCCCC/C=C\C/C=C\C/C=C\C/C=C\CC)OC(=O)CCCCCC/C=C\C/C=C\C/C=C\C/C=C\CC)OC(C(=O)O)C(O)C1O. The normalized spacial score (nSPS) is 18.6. The highest BCUT2D eigenvalue weighted by molar-refractivity contribution is 5.74. The Morgan fingerprint density at radius 2 is 0.723 bits per heavy atom. The maximum absolute atomic E-state index is 13.2. The van der Waals surface area contributed by atoms with Gasteiger partial charge in [0.1, 0.15) is 18.8 Å². The Bertz CT molecular complexity index is 2000. The predicted octanol–water partition coefficient (Wildman–Crippen LogP) is 17.1. The first-order chi connectivity index (χ1) is 40.6. The molecule has 6 unspecified atom stereocenters. The molecule has 1 heterocycles. The van der Waals surface area contributed by atoms with Gasteiger partial charge in [0, 0.05) is 19.3 Å². The molecule has 3 N–H and O–H groups in total. The quantitative estimate of drug-likeness (QED) is 0.0228. The van der Waals surface area contributed by atoms with Crippen molar-refractivity contribution in [2.24, 2.45) is 0 Å². The van der Waals surface area contributed by atoms with Crippen LogP contribution in [0, 0.1) is 0 Å². The molecular weight excluding hydrogens is 1040 g/mol. The van der Waals surface area contributed by atoms with E-state index in [4.69, 9.17) is 23.7 Å². The van der Waals surface area contributed by atoms with Gasteiger partial charge in [-0.1, -0.05) is 218 Å². The molecule has 0 aromatic rings. The van der Waals surface area contributed by atoms with Crippen molar-refractivity contribution in [3.8, 4) is 0 Å². The summed E-state index contributed by atoms with van der Waals surface area (Å²) in [5, 5.41) is 31.6. The number of unbranched alkanes of at least 4 members (excludes halogenated alkanes) is 14. The average Bonchev–Trinajstić information content (AvgIpc) is 3.55. The van der Waals surface area contributed by atoms with Crippen molar-refractivity contribution in [1.82, 2.24) is 0 Å². The summed E-state index contributed by atoms with van der Waals surface area (Å²) < 4.78 is 28.5. The van der Waals surface area contributed by atoms with E-state index in [1.54, 1.807) is 0 Å². The standard InChI is InChI=1S/C71H110O12/c1-4-7-10-13-16-19-22-25-28-31-32-35-38-41-44-47-50-53-56-59-65(74)82-69-67(76)66(75)68(70(77)78)83-71(69)80-61-62(81-64(73)58-55-52-49-46-43-40-37-34-30-27-24-21-18-15-12-9-6-3)60-79-63(72)57-54-51-48-45-42-39-36-33-29-26-23-20-17-14-11-8-5-2/h7-12,16-21,25-30,32,35-37,39-40,62,66-69,71,75-76H,4-6,13-15,22-24,31,33-34,38,41-61H2,1-3H3,(H,77,78)/b10-7-,11-8-,12-9-,19-16-,20-17-,21-18-,28-25-,29-26-,30-27-,35-32-,39-36-,40-37-. The molecule has 0 aromatic carbocycles. The first-order valence-electron chi connectivity index (χ1n) is 31.8. The first kappa shape index (κ1) is 75.6. The molecule has 1 rings (SSSR count). The van der Waals surface area contributed by atoms with E-state index >= 15 is 0 Å². The smallest absolute Gasteiger partial charge is 0.335 e. The zero-order valence-corrected chi connectivity index (χ0v) is 51.4. The topological polar surface area (TPSA) is 175 Å². The van der Waals surface area contributed by atoms with E-state index in [-0.39, 0.29) is 25.9 Å². The van der Waals surface area contributed by atoms with Crippen LogP contribution in [0.1, 0.15) is 226 Å². The van der Waals surface area contributed by atoms with Gasteiger partial charge in [-0.3, -0.25) is 14.4 Å². The van der Waals surface area contributed by atoms with Crippen LogP contribution in [-0.2, 0) is 42.9 Å². The van der Waals surface area contributed by atoms with Gasteiger partial charge in [0.15, 0.2) is 24.6 Å². The van der Waals surface area contributed by atoms with Gasteiger partial charge in [0.05, 0.1) is 6.61 Å². The Labute approximate surface area is 502 Å². The second kappa shape index (κ2) is 57.1. The molecule has 1 aliphatic rings. The van der Waals surface area contributed by atoms with Crippen LogP contribution in [-0.4, -0.2) is 89.2 Å². The molecule has 12 nitrogen and oxygen atoms in total. The summed E-state index contributed by atoms with van der Waals surface area (Å²) >= 11 is 0. The number of aliphatic carboxylic acids is 1. The van der Waals surface area contributed by atoms with E-state index in [1.165, 1.54) is 0 Å². The maximum atomic E-state index is 13.2. The predicted molar refractivity (Wildman–Crippen MR) is 339 cm³/mol. The average molecular weight is 1160 g/mol. The summed E-state index contributed by atoms with van der Waals surface area (Å²) in [6, 6.07) is 0. The molecule has 6 atom stereocenters. The number of carbonyl (C=O) groups is 4. The van der Waals surface area contributed by atoms with Gasteiger partial charge in [-0.05, 0) is 135 Å². The van der Waals surface area contributed by atoms with Crippen LogP contribution in [0.15, 0.2) is 146 Å². The Morgan fingerprint density at radius 3 is 1.10 bits per heavy atom. The molecule has 1 saturated heterocycles. The van der Waals surface area contributed by atoms with Crippen molar-refractivity contribution in [2.45, 2.75) is 263 Å². The molecule has 0 radical (unpaired) electrons. The molecule has 0 amide bonds. The fraction of sp³-hybridized carbons (Fsp3) is 0.606. The van der Waals surface area contributed by atoms with Crippen molar-refractivity contribution in [3.63, 3.8) is 0 Å². The van der Waals surface area contributed by atoms with E-state index < -0.39 is 67.3 Å². The molecule has 83 heavy (non-hydrogen) atoms. The highest BCUT2D eigenvalue weighted by atomic mass is 16.7. The molecular formula is C71H110O12. The number of rotatable bonds is 52. The van der Waals surface area contributed by atoms with Gasteiger partial charge >= 0.3 is 23.9 Å². The number of carbonyl (C=O) groups excluding carboxylic acids is 3. The molecule has 0 aliphatic carbocycles. The molecule has 0 saturated carbocycles. The zero-order chi connectivity index (χ0) is 60.3. The lowest BCUT2D eigenvalue weighted by Crippen LogP contribution is -2.61. The van der Waals surface area contributed by atoms with Gasteiger partial charge in [0.2, 0.25) is 0 Å². The molecule has 12 heteroatoms. The van der Waals surface area contributed by atoms with Crippen LogP contribution >= 0.6 is 0 Å².